The predicted molar refractivity (Wildman–Crippen MR) is 83.0 cm³/mol. The number of rotatable bonds is 4. The van der Waals surface area contributed by atoms with Crippen LogP contribution in [0.3, 0.4) is 0 Å². The van der Waals surface area contributed by atoms with Gasteiger partial charge in [-0.05, 0) is 43.9 Å². The van der Waals surface area contributed by atoms with Gasteiger partial charge >= 0.3 is 0 Å². The molecule has 0 aliphatic heterocycles. The molecule has 112 valence electrons. The number of methoxy groups -OCH3 is 1. The molecule has 0 unspecified atom stereocenters. The van der Waals surface area contributed by atoms with Crippen molar-refractivity contribution in [2.24, 2.45) is 5.92 Å². The van der Waals surface area contributed by atoms with Gasteiger partial charge in [0.15, 0.2) is 0 Å². The average molecular weight is 286 g/mol. The Morgan fingerprint density at radius 1 is 1.29 bits per heavy atom. The molecule has 0 saturated carbocycles. The summed E-state index contributed by atoms with van der Waals surface area (Å²) < 4.78 is 6.76. The van der Waals surface area contributed by atoms with Gasteiger partial charge in [-0.1, -0.05) is 26.0 Å². The number of nitrogens with zero attached hydrogens (tertiary/aromatic N) is 2. The number of hydrogen-bond acceptors (Lipinski definition) is 3. The summed E-state index contributed by atoms with van der Waals surface area (Å²) in [6, 6.07) is 7.23. The summed E-state index contributed by atoms with van der Waals surface area (Å²) in [6.45, 7) is 8.23. The highest BCUT2D eigenvalue weighted by Gasteiger charge is 2.20. The number of aromatic nitrogens is 2. The predicted octanol–water partition coefficient (Wildman–Crippen LogP) is 3.40. The van der Waals surface area contributed by atoms with Gasteiger partial charge in [0, 0.05) is 5.69 Å². The summed E-state index contributed by atoms with van der Waals surface area (Å²) in [5, 5.41) is 4.43. The van der Waals surface area contributed by atoms with E-state index < -0.39 is 0 Å². The van der Waals surface area contributed by atoms with E-state index in [1.165, 1.54) is 4.68 Å². The molecule has 1 heterocycles. The lowest BCUT2D eigenvalue weighted by Gasteiger charge is -2.09. The maximum Gasteiger partial charge on any atom is 0.282 e. The molecule has 4 heteroatoms. The number of carbonyl (C=O) groups excluding carboxylic acids is 1. The van der Waals surface area contributed by atoms with E-state index in [4.69, 9.17) is 4.74 Å². The van der Waals surface area contributed by atoms with E-state index in [9.17, 15) is 4.79 Å². The molecule has 0 N–H and O–H groups in total. The highest BCUT2D eigenvalue weighted by molar-refractivity contribution is 5.98. The molecule has 0 bridgehead atoms. The van der Waals surface area contributed by atoms with Crippen molar-refractivity contribution in [3.05, 3.63) is 46.8 Å². The van der Waals surface area contributed by atoms with E-state index in [-0.39, 0.29) is 5.91 Å². The fourth-order valence-electron chi connectivity index (χ4n) is 2.51. The molecule has 0 amide bonds. The zero-order valence-corrected chi connectivity index (χ0v) is 13.3. The number of benzene rings is 1. The van der Waals surface area contributed by atoms with E-state index in [2.05, 4.69) is 18.9 Å². The van der Waals surface area contributed by atoms with Crippen LogP contribution >= 0.6 is 0 Å². The Morgan fingerprint density at radius 3 is 2.57 bits per heavy atom. The largest absolute Gasteiger partial charge is 0.496 e. The van der Waals surface area contributed by atoms with Crippen molar-refractivity contribution >= 4 is 5.91 Å². The molecule has 0 spiro atoms. The number of ether oxygens (including phenoxy) is 1. The van der Waals surface area contributed by atoms with Crippen molar-refractivity contribution in [3.8, 4) is 5.75 Å². The molecule has 0 fully saturated rings. The standard InChI is InChI=1S/C17H22N2O2/c1-11(2)10-15-12(3)18-19(13(15)4)17(20)14-8-6-7-9-16(14)21-5/h6-9,11H,10H2,1-5H3. The quantitative estimate of drug-likeness (QED) is 0.865. The van der Waals surface area contributed by atoms with Crippen LogP contribution in [-0.2, 0) is 6.42 Å². The van der Waals surface area contributed by atoms with E-state index >= 15 is 0 Å². The highest BCUT2D eigenvalue weighted by Crippen LogP contribution is 2.22. The van der Waals surface area contributed by atoms with Gasteiger partial charge in [0.1, 0.15) is 5.75 Å². The zero-order valence-electron chi connectivity index (χ0n) is 13.3. The van der Waals surface area contributed by atoms with Crippen LogP contribution in [-0.4, -0.2) is 22.8 Å². The average Bonchev–Trinajstić information content (AvgIpc) is 2.74. The van der Waals surface area contributed by atoms with Crippen molar-refractivity contribution in [3.63, 3.8) is 0 Å². The molecule has 0 aliphatic carbocycles. The molecule has 0 aliphatic rings. The van der Waals surface area contributed by atoms with Crippen molar-refractivity contribution in [2.45, 2.75) is 34.1 Å². The van der Waals surface area contributed by atoms with Crippen LogP contribution in [0.1, 0.15) is 41.2 Å². The first kappa shape index (κ1) is 15.3. The molecule has 0 saturated heterocycles. The Morgan fingerprint density at radius 2 is 1.95 bits per heavy atom. The summed E-state index contributed by atoms with van der Waals surface area (Å²) in [4.78, 5) is 12.7. The number of carbonyl (C=O) groups is 1. The summed E-state index contributed by atoms with van der Waals surface area (Å²) in [5.74, 6) is 0.949. The van der Waals surface area contributed by atoms with E-state index in [1.807, 2.05) is 26.0 Å². The van der Waals surface area contributed by atoms with E-state index in [1.54, 1.807) is 19.2 Å². The molecule has 0 atom stereocenters. The van der Waals surface area contributed by atoms with Gasteiger partial charge in [-0.3, -0.25) is 4.79 Å². The topological polar surface area (TPSA) is 44.1 Å². The van der Waals surface area contributed by atoms with Gasteiger partial charge in [0.2, 0.25) is 0 Å². The first-order chi connectivity index (χ1) is 9.95. The van der Waals surface area contributed by atoms with Crippen molar-refractivity contribution in [1.29, 1.82) is 0 Å². The summed E-state index contributed by atoms with van der Waals surface area (Å²) in [6.07, 6.45) is 0.927. The first-order valence-electron chi connectivity index (χ1n) is 7.18. The zero-order chi connectivity index (χ0) is 15.6. The Kier molecular flexibility index (Phi) is 4.46. The third kappa shape index (κ3) is 2.99. The summed E-state index contributed by atoms with van der Waals surface area (Å²) >= 11 is 0. The first-order valence-corrected chi connectivity index (χ1v) is 7.18. The Hall–Kier alpha value is -2.10. The van der Waals surface area contributed by atoms with Gasteiger partial charge in [0.25, 0.3) is 5.91 Å². The van der Waals surface area contributed by atoms with E-state index in [0.29, 0.717) is 17.2 Å². The van der Waals surface area contributed by atoms with Crippen molar-refractivity contribution in [2.75, 3.05) is 7.11 Å². The van der Waals surface area contributed by atoms with Crippen LogP contribution in [0.25, 0.3) is 0 Å². The van der Waals surface area contributed by atoms with E-state index in [0.717, 1.165) is 23.4 Å². The lowest BCUT2D eigenvalue weighted by molar-refractivity contribution is 0.0939. The molecule has 2 aromatic rings. The fraction of sp³-hybridized carbons (Fsp3) is 0.412. The second-order valence-corrected chi connectivity index (χ2v) is 5.66. The van der Waals surface area contributed by atoms with Crippen LogP contribution < -0.4 is 4.74 Å². The molecule has 1 aromatic carbocycles. The molecular formula is C17H22N2O2. The van der Waals surface area contributed by atoms with Crippen LogP contribution in [0.5, 0.6) is 5.75 Å². The minimum absolute atomic E-state index is 0.150. The third-order valence-electron chi connectivity index (χ3n) is 3.58. The molecule has 4 nitrogen and oxygen atoms in total. The lowest BCUT2D eigenvalue weighted by Crippen LogP contribution is -2.16. The van der Waals surface area contributed by atoms with Gasteiger partial charge < -0.3 is 4.74 Å². The summed E-state index contributed by atoms with van der Waals surface area (Å²) in [5.41, 5.74) is 3.52. The SMILES string of the molecule is COc1ccccc1C(=O)n1nc(C)c(CC(C)C)c1C. The van der Waals surface area contributed by atoms with Crippen LogP contribution in [0.15, 0.2) is 24.3 Å². The lowest BCUT2D eigenvalue weighted by atomic mass is 10.0. The number of aryl methyl sites for hydroxylation is 1. The van der Waals surface area contributed by atoms with Crippen LogP contribution in [0.4, 0.5) is 0 Å². The third-order valence-corrected chi connectivity index (χ3v) is 3.58. The Labute approximate surface area is 125 Å². The molecule has 1 aromatic heterocycles. The smallest absolute Gasteiger partial charge is 0.282 e. The fourth-order valence-corrected chi connectivity index (χ4v) is 2.51. The Bertz CT molecular complexity index is 657. The highest BCUT2D eigenvalue weighted by atomic mass is 16.5. The summed E-state index contributed by atoms with van der Waals surface area (Å²) in [7, 11) is 1.57. The Balaban J connectivity index is 2.45. The number of hydrogen-bond donors (Lipinski definition) is 0. The molecule has 0 radical (unpaired) electrons. The van der Waals surface area contributed by atoms with Gasteiger partial charge in [0.05, 0.1) is 18.4 Å². The van der Waals surface area contributed by atoms with Gasteiger partial charge in [-0.2, -0.15) is 5.10 Å². The van der Waals surface area contributed by atoms with Crippen molar-refractivity contribution < 1.29 is 9.53 Å². The van der Waals surface area contributed by atoms with Crippen LogP contribution in [0.2, 0.25) is 0 Å². The number of para-hydroxylation sites is 1. The molecule has 2 rings (SSSR count). The van der Waals surface area contributed by atoms with Crippen LogP contribution in [0, 0.1) is 19.8 Å². The minimum Gasteiger partial charge on any atom is -0.496 e. The van der Waals surface area contributed by atoms with Gasteiger partial charge in [-0.15, -0.1) is 0 Å². The normalized spacial score (nSPS) is 11.0. The second kappa shape index (κ2) is 6.12. The molecule has 21 heavy (non-hydrogen) atoms. The van der Waals surface area contributed by atoms with Gasteiger partial charge in [-0.25, -0.2) is 4.68 Å². The minimum atomic E-state index is -0.150. The maximum atomic E-state index is 12.7. The monoisotopic (exact) mass is 286 g/mol. The van der Waals surface area contributed by atoms with Crippen molar-refractivity contribution in [1.82, 2.24) is 9.78 Å². The second-order valence-electron chi connectivity index (χ2n) is 5.66. The maximum absolute atomic E-state index is 12.7. The molecular weight excluding hydrogens is 264 g/mol.